The van der Waals surface area contributed by atoms with Crippen LogP contribution in [0.25, 0.3) is 0 Å². The number of anilines is 1. The van der Waals surface area contributed by atoms with Gasteiger partial charge in [-0.05, 0) is 32.6 Å². The highest BCUT2D eigenvalue weighted by molar-refractivity contribution is 6.20. The second kappa shape index (κ2) is 6.21. The van der Waals surface area contributed by atoms with Gasteiger partial charge in [-0.2, -0.15) is 0 Å². The van der Waals surface area contributed by atoms with Crippen LogP contribution in [0, 0.1) is 0 Å². The van der Waals surface area contributed by atoms with Crippen molar-refractivity contribution in [3.05, 3.63) is 5.89 Å². The average Bonchev–Trinajstić information content (AvgIpc) is 2.79. The van der Waals surface area contributed by atoms with Crippen LogP contribution in [0.3, 0.4) is 0 Å². The molecule has 0 radical (unpaired) electrons. The fraction of sp³-hybridized carbons (Fsp3) is 0.818. The summed E-state index contributed by atoms with van der Waals surface area (Å²) in [6, 6.07) is 0.434. The van der Waals surface area contributed by atoms with E-state index >= 15 is 0 Å². The third-order valence-electron chi connectivity index (χ3n) is 2.80. The van der Waals surface area contributed by atoms with Gasteiger partial charge in [-0.15, -0.1) is 16.7 Å². The Morgan fingerprint density at radius 2 is 2.35 bits per heavy atom. The molecule has 0 saturated carbocycles. The number of aromatic nitrogens is 2. The first-order valence-electron chi connectivity index (χ1n) is 6.08. The maximum Gasteiger partial charge on any atom is 0.315 e. The topological polar surface area (TPSA) is 60.2 Å². The number of hydrogen-bond acceptors (Lipinski definition) is 5. The zero-order chi connectivity index (χ0) is 12.1. The van der Waals surface area contributed by atoms with E-state index in [9.17, 15) is 0 Å². The molecule has 1 aromatic rings. The van der Waals surface area contributed by atoms with Crippen molar-refractivity contribution in [2.45, 2.75) is 44.1 Å². The van der Waals surface area contributed by atoms with Gasteiger partial charge in [0.25, 0.3) is 0 Å². The number of nitrogens with zero attached hydrogens (tertiary/aromatic N) is 2. The summed E-state index contributed by atoms with van der Waals surface area (Å²) < 4.78 is 11.0. The molecule has 2 rings (SSSR count). The Kier molecular flexibility index (Phi) is 4.62. The molecule has 2 atom stereocenters. The summed E-state index contributed by atoms with van der Waals surface area (Å²) >= 11 is 5.83. The summed E-state index contributed by atoms with van der Waals surface area (Å²) in [6.07, 6.45) is 4.93. The van der Waals surface area contributed by atoms with Gasteiger partial charge in [-0.3, -0.25) is 0 Å². The second-order valence-electron chi connectivity index (χ2n) is 4.27. The third-order valence-corrected chi connectivity index (χ3v) is 2.98. The second-order valence-corrected chi connectivity index (χ2v) is 4.92. The van der Waals surface area contributed by atoms with Crippen LogP contribution in [0.4, 0.5) is 6.01 Å². The number of nitrogens with one attached hydrogen (secondary N) is 1. The average molecular weight is 260 g/mol. The van der Waals surface area contributed by atoms with Gasteiger partial charge in [0.05, 0.1) is 6.10 Å². The highest BCUT2D eigenvalue weighted by Crippen LogP contribution is 2.19. The molecule has 2 heterocycles. The molecule has 0 bridgehead atoms. The predicted octanol–water partition coefficient (Wildman–Crippen LogP) is 2.74. The van der Waals surface area contributed by atoms with Crippen LogP contribution in [0.2, 0.25) is 0 Å². The first-order chi connectivity index (χ1) is 8.25. The van der Waals surface area contributed by atoms with Gasteiger partial charge in [0, 0.05) is 13.2 Å². The Bertz CT molecular complexity index is 337. The molecule has 17 heavy (non-hydrogen) atoms. The lowest BCUT2D eigenvalue weighted by molar-refractivity contribution is 0.0134. The molecule has 1 N–H and O–H groups in total. The molecule has 0 aliphatic carbocycles. The zero-order valence-corrected chi connectivity index (χ0v) is 10.7. The summed E-state index contributed by atoms with van der Waals surface area (Å²) in [5, 5.41) is 10.5. The first-order valence-corrected chi connectivity index (χ1v) is 6.52. The van der Waals surface area contributed by atoms with Gasteiger partial charge < -0.3 is 14.5 Å². The molecule has 5 nitrogen and oxygen atoms in total. The van der Waals surface area contributed by atoms with Crippen LogP contribution in [-0.4, -0.2) is 29.5 Å². The quantitative estimate of drug-likeness (QED) is 0.824. The van der Waals surface area contributed by atoms with Crippen molar-refractivity contribution in [2.24, 2.45) is 0 Å². The predicted molar refractivity (Wildman–Crippen MR) is 65.3 cm³/mol. The molecular formula is C11H18ClN3O2. The molecule has 1 aliphatic rings. The minimum atomic E-state index is -0.250. The van der Waals surface area contributed by atoms with Crippen molar-refractivity contribution >= 4 is 17.6 Å². The summed E-state index contributed by atoms with van der Waals surface area (Å²) in [6.45, 7) is 3.47. The van der Waals surface area contributed by atoms with E-state index in [-0.39, 0.29) is 5.38 Å². The Morgan fingerprint density at radius 3 is 3.00 bits per heavy atom. The van der Waals surface area contributed by atoms with E-state index in [1.807, 2.05) is 0 Å². The lowest BCUT2D eigenvalue weighted by Crippen LogP contribution is -2.22. The third kappa shape index (κ3) is 3.85. The van der Waals surface area contributed by atoms with E-state index in [0.29, 0.717) is 18.0 Å². The van der Waals surface area contributed by atoms with Gasteiger partial charge in [0.1, 0.15) is 5.38 Å². The Balaban J connectivity index is 1.70. The van der Waals surface area contributed by atoms with Crippen molar-refractivity contribution in [1.82, 2.24) is 10.2 Å². The van der Waals surface area contributed by atoms with Gasteiger partial charge in [0.15, 0.2) is 0 Å². The Labute approximate surface area is 106 Å². The fourth-order valence-corrected chi connectivity index (χ4v) is 1.93. The molecule has 96 valence electrons. The maximum atomic E-state index is 5.83. The molecule has 0 aromatic carbocycles. The van der Waals surface area contributed by atoms with E-state index < -0.39 is 0 Å². The van der Waals surface area contributed by atoms with Crippen molar-refractivity contribution in [2.75, 3.05) is 18.5 Å². The summed E-state index contributed by atoms with van der Waals surface area (Å²) in [5.74, 6) is 0.447. The molecule has 6 heteroatoms. The van der Waals surface area contributed by atoms with Crippen LogP contribution >= 0.6 is 11.6 Å². The van der Waals surface area contributed by atoms with E-state index in [4.69, 9.17) is 20.8 Å². The number of rotatable bonds is 5. The summed E-state index contributed by atoms with van der Waals surface area (Å²) in [7, 11) is 0. The molecule has 1 aliphatic heterocycles. The highest BCUT2D eigenvalue weighted by Gasteiger charge is 2.14. The fourth-order valence-electron chi connectivity index (χ4n) is 1.84. The van der Waals surface area contributed by atoms with Gasteiger partial charge in [-0.1, -0.05) is 5.10 Å². The minimum absolute atomic E-state index is 0.250. The standard InChI is InChI=1S/C11H18ClN3O2/c1-8(12)10-14-15-11(17-10)13-6-5-9-4-2-3-7-16-9/h8-9H,2-7H2,1H3,(H,13,15). The van der Waals surface area contributed by atoms with Gasteiger partial charge in [0.2, 0.25) is 5.89 Å². The molecule has 0 amide bonds. The van der Waals surface area contributed by atoms with Crippen LogP contribution in [-0.2, 0) is 4.74 Å². The number of ether oxygens (including phenoxy) is 1. The number of halogens is 1. The van der Waals surface area contributed by atoms with Gasteiger partial charge >= 0.3 is 6.01 Å². The Hall–Kier alpha value is -0.810. The lowest BCUT2D eigenvalue weighted by Gasteiger charge is -2.22. The number of hydrogen-bond donors (Lipinski definition) is 1. The highest BCUT2D eigenvalue weighted by atomic mass is 35.5. The largest absolute Gasteiger partial charge is 0.407 e. The summed E-state index contributed by atoms with van der Waals surface area (Å²) in [5.41, 5.74) is 0. The minimum Gasteiger partial charge on any atom is -0.407 e. The normalized spacial score (nSPS) is 22.4. The van der Waals surface area contributed by atoms with Crippen LogP contribution in [0.15, 0.2) is 4.42 Å². The monoisotopic (exact) mass is 259 g/mol. The van der Waals surface area contributed by atoms with E-state index in [2.05, 4.69) is 15.5 Å². The van der Waals surface area contributed by atoms with Crippen LogP contribution < -0.4 is 5.32 Å². The molecule has 0 spiro atoms. The SMILES string of the molecule is CC(Cl)c1nnc(NCCC2CCCCO2)o1. The van der Waals surface area contributed by atoms with Crippen molar-refractivity contribution in [1.29, 1.82) is 0 Å². The molecule has 2 unspecified atom stereocenters. The molecule has 1 saturated heterocycles. The smallest absolute Gasteiger partial charge is 0.315 e. The molecular weight excluding hydrogens is 242 g/mol. The van der Waals surface area contributed by atoms with Crippen LogP contribution in [0.5, 0.6) is 0 Å². The zero-order valence-electron chi connectivity index (χ0n) is 9.99. The maximum absolute atomic E-state index is 5.83. The molecule has 1 fully saturated rings. The van der Waals surface area contributed by atoms with Gasteiger partial charge in [-0.25, -0.2) is 0 Å². The Morgan fingerprint density at radius 1 is 1.47 bits per heavy atom. The molecule has 1 aromatic heterocycles. The van der Waals surface area contributed by atoms with Crippen molar-refractivity contribution in [3.8, 4) is 0 Å². The van der Waals surface area contributed by atoms with E-state index in [1.165, 1.54) is 12.8 Å². The van der Waals surface area contributed by atoms with Crippen molar-refractivity contribution in [3.63, 3.8) is 0 Å². The van der Waals surface area contributed by atoms with E-state index in [1.54, 1.807) is 6.92 Å². The van der Waals surface area contributed by atoms with Crippen molar-refractivity contribution < 1.29 is 9.15 Å². The lowest BCUT2D eigenvalue weighted by atomic mass is 10.1. The van der Waals surface area contributed by atoms with Crippen LogP contribution in [0.1, 0.15) is 43.9 Å². The van der Waals surface area contributed by atoms with E-state index in [0.717, 1.165) is 26.0 Å². The first kappa shape index (κ1) is 12.6. The summed E-state index contributed by atoms with van der Waals surface area (Å²) in [4.78, 5) is 0. The number of alkyl halides is 1.